The van der Waals surface area contributed by atoms with Gasteiger partial charge in [0.1, 0.15) is 17.6 Å². The van der Waals surface area contributed by atoms with Crippen molar-refractivity contribution in [3.05, 3.63) is 82.4 Å². The van der Waals surface area contributed by atoms with Crippen LogP contribution in [-0.4, -0.2) is 64.2 Å². The Morgan fingerprint density at radius 3 is 2.59 bits per heavy atom. The van der Waals surface area contributed by atoms with Crippen LogP contribution >= 0.6 is 12.2 Å². The first-order valence-corrected chi connectivity index (χ1v) is 11.6. The first kappa shape index (κ1) is 22.5. The molecule has 2 saturated heterocycles. The van der Waals surface area contributed by atoms with Gasteiger partial charge in [-0.1, -0.05) is 6.07 Å². The zero-order chi connectivity index (χ0) is 23.5. The maximum absolute atomic E-state index is 11.0. The van der Waals surface area contributed by atoms with Gasteiger partial charge in [0.05, 0.1) is 29.9 Å². The van der Waals surface area contributed by atoms with E-state index in [1.807, 2.05) is 30.3 Å². The van der Waals surface area contributed by atoms with Crippen LogP contribution in [0.5, 0.6) is 0 Å². The fourth-order valence-electron chi connectivity index (χ4n) is 4.44. The fourth-order valence-corrected chi connectivity index (χ4v) is 4.78. The van der Waals surface area contributed by atoms with Crippen molar-refractivity contribution in [3.8, 4) is 11.3 Å². The quantitative estimate of drug-likeness (QED) is 0.310. The smallest absolute Gasteiger partial charge is 0.269 e. The van der Waals surface area contributed by atoms with Gasteiger partial charge in [-0.2, -0.15) is 0 Å². The normalized spacial score (nSPS) is 20.9. The second-order valence-electron chi connectivity index (χ2n) is 8.28. The summed E-state index contributed by atoms with van der Waals surface area (Å²) in [5, 5.41) is 15.1. The first-order chi connectivity index (χ1) is 16.6. The van der Waals surface area contributed by atoms with Crippen molar-refractivity contribution in [1.29, 1.82) is 0 Å². The summed E-state index contributed by atoms with van der Waals surface area (Å²) >= 11 is 5.74. The van der Waals surface area contributed by atoms with Crippen LogP contribution in [0, 0.1) is 10.1 Å². The van der Waals surface area contributed by atoms with E-state index in [1.165, 1.54) is 12.1 Å². The molecule has 34 heavy (non-hydrogen) atoms. The van der Waals surface area contributed by atoms with Crippen LogP contribution in [0.25, 0.3) is 11.3 Å². The predicted octanol–water partition coefficient (Wildman–Crippen LogP) is 3.55. The Hall–Kier alpha value is -3.34. The Labute approximate surface area is 202 Å². The summed E-state index contributed by atoms with van der Waals surface area (Å²) in [4.78, 5) is 19.7. The maximum atomic E-state index is 11.0. The minimum absolute atomic E-state index is 0.0466. The number of hydrogen-bond donors (Lipinski definition) is 1. The van der Waals surface area contributed by atoms with E-state index in [9.17, 15) is 10.1 Å². The molecule has 2 unspecified atom stereocenters. The number of nitrogens with one attached hydrogen (secondary N) is 1. The van der Waals surface area contributed by atoms with Crippen LogP contribution in [0.4, 0.5) is 5.69 Å². The fraction of sp³-hybridized carbons (Fsp3) is 0.333. The lowest BCUT2D eigenvalue weighted by Crippen LogP contribution is -2.42. The first-order valence-electron chi connectivity index (χ1n) is 11.2. The lowest BCUT2D eigenvalue weighted by atomic mass is 10.0. The molecular weight excluding hydrogens is 454 g/mol. The molecule has 1 aromatic carbocycles. The minimum atomic E-state index is -0.410. The van der Waals surface area contributed by atoms with Crippen LogP contribution in [0.1, 0.15) is 23.5 Å². The maximum Gasteiger partial charge on any atom is 0.269 e. The number of thiocarbonyl (C=S) groups is 1. The number of rotatable bonds is 7. The summed E-state index contributed by atoms with van der Waals surface area (Å²) < 4.78 is 11.8. The third-order valence-corrected chi connectivity index (χ3v) is 6.59. The number of ether oxygens (including phenoxy) is 1. The molecule has 2 aliphatic rings. The third kappa shape index (κ3) is 4.65. The molecule has 2 aliphatic heterocycles. The van der Waals surface area contributed by atoms with E-state index in [2.05, 4.69) is 20.1 Å². The van der Waals surface area contributed by atoms with Crippen LogP contribution in [0.3, 0.4) is 0 Å². The molecule has 4 heterocycles. The molecule has 2 aromatic heterocycles. The zero-order valence-electron chi connectivity index (χ0n) is 18.5. The van der Waals surface area contributed by atoms with Gasteiger partial charge in [0.25, 0.3) is 5.69 Å². The van der Waals surface area contributed by atoms with E-state index in [0.717, 1.165) is 56.4 Å². The Morgan fingerprint density at radius 2 is 1.88 bits per heavy atom. The molecule has 1 N–H and O–H groups in total. The van der Waals surface area contributed by atoms with Gasteiger partial charge in [0.15, 0.2) is 5.11 Å². The Morgan fingerprint density at radius 1 is 1.09 bits per heavy atom. The second kappa shape index (κ2) is 9.88. The number of nitro groups is 1. The Balaban J connectivity index is 1.43. The predicted molar refractivity (Wildman–Crippen MR) is 130 cm³/mol. The van der Waals surface area contributed by atoms with E-state index in [4.69, 9.17) is 21.4 Å². The minimum Gasteiger partial charge on any atom is -0.459 e. The van der Waals surface area contributed by atoms with Crippen molar-refractivity contribution in [1.82, 2.24) is 20.1 Å². The highest BCUT2D eigenvalue weighted by molar-refractivity contribution is 7.80. The SMILES string of the molecule is O=[N+]([O-])c1ccc(-c2ccc(C3C(c4ccccn4)NC(=S)N3CCN3CCOCC3)o2)cc1. The number of non-ortho nitro benzene ring substituents is 1. The van der Waals surface area contributed by atoms with Gasteiger partial charge in [-0.3, -0.25) is 20.0 Å². The van der Waals surface area contributed by atoms with Crippen molar-refractivity contribution in [2.24, 2.45) is 0 Å². The average molecular weight is 480 g/mol. The third-order valence-electron chi connectivity index (χ3n) is 6.24. The number of furan rings is 1. The van der Waals surface area contributed by atoms with Gasteiger partial charge in [0.2, 0.25) is 0 Å². The summed E-state index contributed by atoms with van der Waals surface area (Å²) in [5.74, 6) is 1.41. The topological polar surface area (TPSA) is 96.9 Å². The monoisotopic (exact) mass is 479 g/mol. The lowest BCUT2D eigenvalue weighted by Gasteiger charge is -2.31. The molecule has 176 valence electrons. The lowest BCUT2D eigenvalue weighted by molar-refractivity contribution is -0.384. The highest BCUT2D eigenvalue weighted by Crippen LogP contribution is 2.40. The molecule has 0 bridgehead atoms. The molecule has 5 rings (SSSR count). The van der Waals surface area contributed by atoms with Crippen LogP contribution < -0.4 is 5.32 Å². The number of benzene rings is 1. The van der Waals surface area contributed by atoms with Crippen LogP contribution in [-0.2, 0) is 4.74 Å². The van der Waals surface area contributed by atoms with Crippen molar-refractivity contribution in [2.45, 2.75) is 12.1 Å². The van der Waals surface area contributed by atoms with Gasteiger partial charge in [0, 0.05) is 50.1 Å². The number of morpholine rings is 1. The summed E-state index contributed by atoms with van der Waals surface area (Å²) in [6.45, 7) is 4.93. The number of pyridine rings is 1. The standard InChI is InChI=1S/C24H25N5O4S/c30-29(31)18-6-4-17(5-7-18)20-8-9-21(33-20)23-22(19-3-1-2-10-25-19)26-24(34)28(23)12-11-27-13-15-32-16-14-27/h1-10,22-23H,11-16H2,(H,26,34). The van der Waals surface area contributed by atoms with Crippen molar-refractivity contribution in [2.75, 3.05) is 39.4 Å². The van der Waals surface area contributed by atoms with Gasteiger partial charge in [-0.25, -0.2) is 0 Å². The second-order valence-corrected chi connectivity index (χ2v) is 8.67. The number of nitro benzene ring substituents is 1. The molecule has 3 aromatic rings. The van der Waals surface area contributed by atoms with E-state index < -0.39 is 4.92 Å². The van der Waals surface area contributed by atoms with Crippen molar-refractivity contribution in [3.63, 3.8) is 0 Å². The summed E-state index contributed by atoms with van der Waals surface area (Å²) in [6.07, 6.45) is 1.78. The average Bonchev–Trinajstić information content (AvgIpc) is 3.48. The zero-order valence-corrected chi connectivity index (χ0v) is 19.3. The summed E-state index contributed by atoms with van der Waals surface area (Å²) in [6, 6.07) is 15.7. The molecule has 9 nitrogen and oxygen atoms in total. The largest absolute Gasteiger partial charge is 0.459 e. The van der Waals surface area contributed by atoms with Crippen molar-refractivity contribution >= 4 is 23.0 Å². The Kier molecular flexibility index (Phi) is 6.52. The molecule has 10 heteroatoms. The van der Waals surface area contributed by atoms with Gasteiger partial charge >= 0.3 is 0 Å². The molecule has 0 spiro atoms. The number of aromatic nitrogens is 1. The van der Waals surface area contributed by atoms with Gasteiger partial charge in [-0.15, -0.1) is 0 Å². The highest BCUT2D eigenvalue weighted by Gasteiger charge is 2.41. The molecule has 0 saturated carbocycles. The molecule has 0 radical (unpaired) electrons. The molecule has 0 aliphatic carbocycles. The Bertz CT molecular complexity index is 1150. The number of hydrogen-bond acceptors (Lipinski definition) is 7. The van der Waals surface area contributed by atoms with E-state index in [0.29, 0.717) is 10.9 Å². The van der Waals surface area contributed by atoms with Crippen LogP contribution in [0.2, 0.25) is 0 Å². The molecule has 2 fully saturated rings. The molecule has 0 amide bonds. The molecular formula is C24H25N5O4S. The van der Waals surface area contributed by atoms with Gasteiger partial charge in [-0.05, 0) is 48.6 Å². The number of nitrogens with zero attached hydrogens (tertiary/aromatic N) is 4. The summed E-state index contributed by atoms with van der Waals surface area (Å²) in [7, 11) is 0. The van der Waals surface area contributed by atoms with E-state index in [1.54, 1.807) is 18.3 Å². The van der Waals surface area contributed by atoms with Crippen molar-refractivity contribution < 1.29 is 14.1 Å². The van der Waals surface area contributed by atoms with E-state index >= 15 is 0 Å². The van der Waals surface area contributed by atoms with E-state index in [-0.39, 0.29) is 17.8 Å². The van der Waals surface area contributed by atoms with Gasteiger partial charge < -0.3 is 19.4 Å². The molecule has 2 atom stereocenters. The van der Waals surface area contributed by atoms with Crippen LogP contribution in [0.15, 0.2) is 65.2 Å². The highest BCUT2D eigenvalue weighted by atomic mass is 32.1. The summed E-state index contributed by atoms with van der Waals surface area (Å²) in [5.41, 5.74) is 1.71.